The SMILES string of the molecule is O=C(CCC1CCNC1)NCc1csc(Br)c1. The molecule has 17 heavy (non-hydrogen) atoms. The van der Waals surface area contributed by atoms with Crippen molar-refractivity contribution in [2.75, 3.05) is 13.1 Å². The third-order valence-electron chi connectivity index (χ3n) is 3.05. The van der Waals surface area contributed by atoms with Crippen LogP contribution < -0.4 is 10.6 Å². The van der Waals surface area contributed by atoms with Gasteiger partial charge >= 0.3 is 0 Å². The number of nitrogens with one attached hydrogen (secondary N) is 2. The van der Waals surface area contributed by atoms with Gasteiger partial charge in [-0.1, -0.05) is 0 Å². The van der Waals surface area contributed by atoms with Gasteiger partial charge in [0.25, 0.3) is 0 Å². The van der Waals surface area contributed by atoms with Gasteiger partial charge in [0.2, 0.25) is 5.91 Å². The van der Waals surface area contributed by atoms with Crippen LogP contribution in [-0.2, 0) is 11.3 Å². The fourth-order valence-corrected chi connectivity index (χ4v) is 3.23. The Morgan fingerprint density at radius 1 is 1.65 bits per heavy atom. The van der Waals surface area contributed by atoms with Crippen LogP contribution in [0.3, 0.4) is 0 Å². The van der Waals surface area contributed by atoms with Crippen molar-refractivity contribution in [3.05, 3.63) is 20.8 Å². The van der Waals surface area contributed by atoms with Gasteiger partial charge in [0, 0.05) is 13.0 Å². The monoisotopic (exact) mass is 316 g/mol. The Labute approximate surface area is 114 Å². The summed E-state index contributed by atoms with van der Waals surface area (Å²) in [6, 6.07) is 2.05. The van der Waals surface area contributed by atoms with Crippen LogP contribution in [0, 0.1) is 5.92 Å². The molecule has 0 spiro atoms. The molecule has 2 N–H and O–H groups in total. The zero-order valence-corrected chi connectivity index (χ0v) is 12.1. The Bertz CT molecular complexity index is 374. The summed E-state index contributed by atoms with van der Waals surface area (Å²) in [6.07, 6.45) is 2.87. The van der Waals surface area contributed by atoms with Crippen LogP contribution in [-0.4, -0.2) is 19.0 Å². The number of halogens is 1. The third-order valence-corrected chi connectivity index (χ3v) is 4.61. The highest BCUT2D eigenvalue weighted by Crippen LogP contribution is 2.20. The van der Waals surface area contributed by atoms with Crippen LogP contribution in [0.2, 0.25) is 0 Å². The van der Waals surface area contributed by atoms with E-state index in [4.69, 9.17) is 0 Å². The molecule has 1 saturated heterocycles. The summed E-state index contributed by atoms with van der Waals surface area (Å²) in [5.74, 6) is 0.857. The zero-order chi connectivity index (χ0) is 12.1. The summed E-state index contributed by atoms with van der Waals surface area (Å²) in [5, 5.41) is 8.34. The zero-order valence-electron chi connectivity index (χ0n) is 9.67. The number of hydrogen-bond acceptors (Lipinski definition) is 3. The van der Waals surface area contributed by atoms with Crippen molar-refractivity contribution in [2.45, 2.75) is 25.8 Å². The van der Waals surface area contributed by atoms with Gasteiger partial charge in [-0.3, -0.25) is 4.79 Å². The smallest absolute Gasteiger partial charge is 0.220 e. The lowest BCUT2D eigenvalue weighted by Crippen LogP contribution is -2.23. The molecule has 94 valence electrons. The van der Waals surface area contributed by atoms with Crippen molar-refractivity contribution in [2.24, 2.45) is 5.92 Å². The molecule has 3 nitrogen and oxygen atoms in total. The van der Waals surface area contributed by atoms with E-state index in [9.17, 15) is 4.79 Å². The fraction of sp³-hybridized carbons (Fsp3) is 0.583. The molecule has 0 saturated carbocycles. The van der Waals surface area contributed by atoms with Crippen molar-refractivity contribution < 1.29 is 4.79 Å². The Balaban J connectivity index is 1.63. The molecule has 1 atom stereocenters. The van der Waals surface area contributed by atoms with Crippen molar-refractivity contribution in [3.63, 3.8) is 0 Å². The fourth-order valence-electron chi connectivity index (χ4n) is 2.02. The van der Waals surface area contributed by atoms with E-state index in [1.54, 1.807) is 11.3 Å². The van der Waals surface area contributed by atoms with E-state index in [1.165, 1.54) is 6.42 Å². The molecule has 1 aromatic heterocycles. The van der Waals surface area contributed by atoms with Crippen molar-refractivity contribution >= 4 is 33.2 Å². The minimum absolute atomic E-state index is 0.166. The average Bonchev–Trinajstić information content (AvgIpc) is 2.95. The lowest BCUT2D eigenvalue weighted by Gasteiger charge is -2.08. The van der Waals surface area contributed by atoms with Crippen molar-refractivity contribution in [3.8, 4) is 0 Å². The predicted molar refractivity (Wildman–Crippen MR) is 74.1 cm³/mol. The second-order valence-corrected chi connectivity index (χ2v) is 6.72. The molecule has 0 radical (unpaired) electrons. The molecular formula is C12H17BrN2OS. The van der Waals surface area contributed by atoms with Gasteiger partial charge in [0.1, 0.15) is 0 Å². The maximum absolute atomic E-state index is 11.6. The van der Waals surface area contributed by atoms with Crippen LogP contribution in [0.15, 0.2) is 15.2 Å². The Hall–Kier alpha value is -0.390. The minimum atomic E-state index is 0.166. The van der Waals surface area contributed by atoms with Crippen molar-refractivity contribution in [1.29, 1.82) is 0 Å². The first-order chi connectivity index (χ1) is 8.24. The van der Waals surface area contributed by atoms with Crippen molar-refractivity contribution in [1.82, 2.24) is 10.6 Å². The summed E-state index contributed by atoms with van der Waals surface area (Å²) in [6.45, 7) is 2.82. The van der Waals surface area contributed by atoms with E-state index in [2.05, 4.69) is 31.9 Å². The second-order valence-electron chi connectivity index (χ2n) is 4.43. The van der Waals surface area contributed by atoms with Crippen LogP contribution in [0.4, 0.5) is 0 Å². The van der Waals surface area contributed by atoms with Crippen LogP contribution in [0.25, 0.3) is 0 Å². The van der Waals surface area contributed by atoms with Gasteiger partial charge in [0.05, 0.1) is 3.79 Å². The number of carbonyl (C=O) groups is 1. The lowest BCUT2D eigenvalue weighted by atomic mass is 10.0. The molecule has 1 aliphatic rings. The largest absolute Gasteiger partial charge is 0.352 e. The van der Waals surface area contributed by atoms with Crippen LogP contribution >= 0.6 is 27.3 Å². The normalized spacial score (nSPS) is 19.5. The second kappa shape index (κ2) is 6.52. The summed E-state index contributed by atoms with van der Waals surface area (Å²) in [4.78, 5) is 11.6. The van der Waals surface area contributed by atoms with Crippen LogP contribution in [0.5, 0.6) is 0 Å². The number of carbonyl (C=O) groups excluding carboxylic acids is 1. The van der Waals surface area contributed by atoms with Crippen LogP contribution in [0.1, 0.15) is 24.8 Å². The molecule has 1 aromatic rings. The van der Waals surface area contributed by atoms with E-state index >= 15 is 0 Å². The highest BCUT2D eigenvalue weighted by Gasteiger charge is 2.15. The van der Waals surface area contributed by atoms with E-state index in [-0.39, 0.29) is 5.91 Å². The maximum Gasteiger partial charge on any atom is 0.220 e. The Kier molecular flexibility index (Phi) is 5.00. The van der Waals surface area contributed by atoms with E-state index in [0.29, 0.717) is 18.9 Å². The molecular weight excluding hydrogens is 300 g/mol. The number of amides is 1. The lowest BCUT2D eigenvalue weighted by molar-refractivity contribution is -0.121. The van der Waals surface area contributed by atoms with E-state index in [1.807, 2.05) is 6.07 Å². The predicted octanol–water partition coefficient (Wildman–Crippen LogP) is 2.52. The van der Waals surface area contributed by atoms with Gasteiger partial charge in [-0.15, -0.1) is 11.3 Å². The number of hydrogen-bond donors (Lipinski definition) is 2. The summed E-state index contributed by atoms with van der Waals surface area (Å²) in [5.41, 5.74) is 1.16. The molecule has 5 heteroatoms. The Morgan fingerprint density at radius 2 is 2.53 bits per heavy atom. The van der Waals surface area contributed by atoms with Gasteiger partial charge < -0.3 is 10.6 Å². The molecule has 2 heterocycles. The van der Waals surface area contributed by atoms with Gasteiger partial charge in [-0.2, -0.15) is 0 Å². The average molecular weight is 317 g/mol. The highest BCUT2D eigenvalue weighted by molar-refractivity contribution is 9.11. The standard InChI is InChI=1S/C12H17BrN2OS/c13-11-5-10(8-17-11)7-15-12(16)2-1-9-3-4-14-6-9/h5,8-9,14H,1-4,6-7H2,(H,15,16). The molecule has 1 amide bonds. The quantitative estimate of drug-likeness (QED) is 0.876. The first-order valence-corrected chi connectivity index (χ1v) is 7.61. The molecule has 0 aromatic carbocycles. The highest BCUT2D eigenvalue weighted by atomic mass is 79.9. The molecule has 1 aliphatic heterocycles. The topological polar surface area (TPSA) is 41.1 Å². The first-order valence-electron chi connectivity index (χ1n) is 5.94. The summed E-state index contributed by atoms with van der Waals surface area (Å²) >= 11 is 5.06. The van der Waals surface area contributed by atoms with E-state index in [0.717, 1.165) is 28.9 Å². The Morgan fingerprint density at radius 3 is 3.18 bits per heavy atom. The third kappa shape index (κ3) is 4.41. The number of thiophene rings is 1. The molecule has 2 rings (SSSR count). The minimum Gasteiger partial charge on any atom is -0.352 e. The van der Waals surface area contributed by atoms with Gasteiger partial charge in [0.15, 0.2) is 0 Å². The summed E-state index contributed by atoms with van der Waals surface area (Å²) < 4.78 is 1.11. The molecule has 0 bridgehead atoms. The molecule has 0 aliphatic carbocycles. The van der Waals surface area contributed by atoms with Gasteiger partial charge in [-0.25, -0.2) is 0 Å². The summed E-state index contributed by atoms with van der Waals surface area (Å²) in [7, 11) is 0. The van der Waals surface area contributed by atoms with E-state index < -0.39 is 0 Å². The molecule has 1 unspecified atom stereocenters. The number of rotatable bonds is 5. The molecule has 1 fully saturated rings. The van der Waals surface area contributed by atoms with Gasteiger partial charge in [-0.05, 0) is 64.8 Å². The first kappa shape index (κ1) is 13.1. The maximum atomic E-state index is 11.6.